The third-order valence-electron chi connectivity index (χ3n) is 3.63. The number of carbonyl (C=O) groups is 1. The first-order valence-electron chi connectivity index (χ1n) is 7.80. The number of nitriles is 1. The van der Waals surface area contributed by atoms with Gasteiger partial charge in [0, 0.05) is 18.3 Å². The lowest BCUT2D eigenvalue weighted by molar-refractivity contribution is -0.117. The average Bonchev–Trinajstić information content (AvgIpc) is 2.61. The minimum atomic E-state index is -0.0819. The van der Waals surface area contributed by atoms with Crippen LogP contribution in [0.4, 0.5) is 5.69 Å². The quantitative estimate of drug-likeness (QED) is 0.850. The smallest absolute Gasteiger partial charge is 0.238 e. The normalized spacial score (nSPS) is 10.2. The second-order valence-electron chi connectivity index (χ2n) is 5.40. The average molecular weight is 323 g/mol. The Morgan fingerprint density at radius 3 is 2.75 bits per heavy atom. The van der Waals surface area contributed by atoms with Crippen LogP contribution in [0.15, 0.2) is 48.5 Å². The third kappa shape index (κ3) is 5.11. The first kappa shape index (κ1) is 17.5. The number of carbonyl (C=O) groups excluding carboxylic acids is 1. The predicted molar refractivity (Wildman–Crippen MR) is 93.7 cm³/mol. The van der Waals surface area contributed by atoms with E-state index in [0.717, 1.165) is 12.1 Å². The molecule has 0 unspecified atom stereocenters. The second kappa shape index (κ2) is 8.70. The number of nitrogens with zero attached hydrogens (tertiary/aromatic N) is 2. The van der Waals surface area contributed by atoms with Crippen molar-refractivity contribution in [3.05, 3.63) is 59.7 Å². The summed E-state index contributed by atoms with van der Waals surface area (Å²) >= 11 is 0. The fraction of sp³-hybridized carbons (Fsp3) is 0.263. The number of ether oxygens (including phenoxy) is 1. The Labute approximate surface area is 142 Å². The van der Waals surface area contributed by atoms with E-state index in [9.17, 15) is 4.79 Å². The zero-order valence-corrected chi connectivity index (χ0v) is 14.0. The van der Waals surface area contributed by atoms with Crippen molar-refractivity contribution < 1.29 is 9.53 Å². The van der Waals surface area contributed by atoms with Gasteiger partial charge in [0.1, 0.15) is 5.75 Å². The SMILES string of the molecule is CCN(CC(=O)Nc1cccc(OC)c1)Cc1cccc(C#N)c1. The molecule has 0 fully saturated rings. The highest BCUT2D eigenvalue weighted by molar-refractivity contribution is 5.92. The van der Waals surface area contributed by atoms with Gasteiger partial charge in [-0.1, -0.05) is 25.1 Å². The van der Waals surface area contributed by atoms with E-state index in [1.54, 1.807) is 19.2 Å². The minimum Gasteiger partial charge on any atom is -0.497 e. The van der Waals surface area contributed by atoms with Gasteiger partial charge >= 0.3 is 0 Å². The van der Waals surface area contributed by atoms with E-state index >= 15 is 0 Å². The van der Waals surface area contributed by atoms with Crippen LogP contribution in [-0.4, -0.2) is 31.0 Å². The van der Waals surface area contributed by atoms with Gasteiger partial charge in [-0.05, 0) is 36.4 Å². The van der Waals surface area contributed by atoms with Crippen LogP contribution < -0.4 is 10.1 Å². The zero-order chi connectivity index (χ0) is 17.4. The second-order valence-corrected chi connectivity index (χ2v) is 5.40. The highest BCUT2D eigenvalue weighted by atomic mass is 16.5. The Bertz CT molecular complexity index is 737. The van der Waals surface area contributed by atoms with Crippen molar-refractivity contribution in [2.45, 2.75) is 13.5 Å². The van der Waals surface area contributed by atoms with Crippen LogP contribution in [0, 0.1) is 11.3 Å². The lowest BCUT2D eigenvalue weighted by atomic mass is 10.1. The molecule has 0 atom stereocenters. The van der Waals surface area contributed by atoms with E-state index in [0.29, 0.717) is 23.5 Å². The van der Waals surface area contributed by atoms with Crippen molar-refractivity contribution in [3.63, 3.8) is 0 Å². The van der Waals surface area contributed by atoms with Crippen LogP contribution >= 0.6 is 0 Å². The van der Waals surface area contributed by atoms with Crippen LogP contribution in [0.25, 0.3) is 0 Å². The molecule has 0 saturated carbocycles. The van der Waals surface area contributed by atoms with E-state index < -0.39 is 0 Å². The Balaban J connectivity index is 1.96. The van der Waals surface area contributed by atoms with E-state index in [2.05, 4.69) is 11.4 Å². The fourth-order valence-electron chi connectivity index (χ4n) is 2.38. The number of anilines is 1. The molecule has 1 amide bonds. The molecule has 0 saturated heterocycles. The summed E-state index contributed by atoms with van der Waals surface area (Å²) in [6, 6.07) is 16.8. The molecule has 2 aromatic rings. The maximum absolute atomic E-state index is 12.2. The molecule has 0 heterocycles. The molecule has 5 nitrogen and oxygen atoms in total. The Morgan fingerprint density at radius 2 is 2.04 bits per heavy atom. The first-order chi connectivity index (χ1) is 11.6. The van der Waals surface area contributed by atoms with Gasteiger partial charge in [-0.15, -0.1) is 0 Å². The zero-order valence-electron chi connectivity index (χ0n) is 14.0. The summed E-state index contributed by atoms with van der Waals surface area (Å²) in [5.41, 5.74) is 2.36. The molecule has 0 spiro atoms. The van der Waals surface area contributed by atoms with Crippen molar-refractivity contribution in [3.8, 4) is 11.8 Å². The molecule has 1 N–H and O–H groups in total. The first-order valence-corrected chi connectivity index (χ1v) is 7.80. The number of hydrogen-bond donors (Lipinski definition) is 1. The van der Waals surface area contributed by atoms with Gasteiger partial charge < -0.3 is 10.1 Å². The molecular weight excluding hydrogens is 302 g/mol. The number of hydrogen-bond acceptors (Lipinski definition) is 4. The molecule has 0 aliphatic carbocycles. The van der Waals surface area contributed by atoms with E-state index in [1.165, 1.54) is 0 Å². The van der Waals surface area contributed by atoms with Crippen LogP contribution in [0.3, 0.4) is 0 Å². The topological polar surface area (TPSA) is 65.4 Å². The van der Waals surface area contributed by atoms with E-state index in [4.69, 9.17) is 10.00 Å². The van der Waals surface area contributed by atoms with Gasteiger partial charge in [-0.25, -0.2) is 0 Å². The van der Waals surface area contributed by atoms with Crippen LogP contribution in [0.1, 0.15) is 18.1 Å². The summed E-state index contributed by atoms with van der Waals surface area (Å²) < 4.78 is 5.15. The van der Waals surface area contributed by atoms with Crippen molar-refractivity contribution in [2.75, 3.05) is 25.5 Å². The molecule has 5 heteroatoms. The van der Waals surface area contributed by atoms with Gasteiger partial charge in [-0.3, -0.25) is 9.69 Å². The summed E-state index contributed by atoms with van der Waals surface area (Å²) in [4.78, 5) is 14.3. The number of rotatable bonds is 7. The summed E-state index contributed by atoms with van der Waals surface area (Å²) in [6.45, 7) is 3.65. The van der Waals surface area contributed by atoms with Crippen LogP contribution in [0.2, 0.25) is 0 Å². The number of likely N-dealkylation sites (N-methyl/N-ethyl adjacent to an activating group) is 1. The highest BCUT2D eigenvalue weighted by Gasteiger charge is 2.10. The molecule has 0 radical (unpaired) electrons. The molecule has 0 aliphatic heterocycles. The number of amides is 1. The maximum atomic E-state index is 12.2. The standard InChI is InChI=1S/C19H21N3O2/c1-3-22(13-16-7-4-6-15(10-16)12-20)14-19(23)21-17-8-5-9-18(11-17)24-2/h4-11H,3,13-14H2,1-2H3,(H,21,23). The number of nitrogens with one attached hydrogen (secondary N) is 1. The van der Waals surface area contributed by atoms with Crippen molar-refractivity contribution in [2.24, 2.45) is 0 Å². The minimum absolute atomic E-state index is 0.0819. The summed E-state index contributed by atoms with van der Waals surface area (Å²) in [6.07, 6.45) is 0. The summed E-state index contributed by atoms with van der Waals surface area (Å²) in [7, 11) is 1.59. The molecule has 0 aliphatic rings. The van der Waals surface area contributed by atoms with Crippen LogP contribution in [-0.2, 0) is 11.3 Å². The summed E-state index contributed by atoms with van der Waals surface area (Å²) in [5, 5.41) is 11.8. The maximum Gasteiger partial charge on any atom is 0.238 e. The molecule has 2 rings (SSSR count). The highest BCUT2D eigenvalue weighted by Crippen LogP contribution is 2.16. The van der Waals surface area contributed by atoms with Gasteiger partial charge in [-0.2, -0.15) is 5.26 Å². The summed E-state index contributed by atoms with van der Waals surface area (Å²) in [5.74, 6) is 0.620. The van der Waals surface area contributed by atoms with Crippen molar-refractivity contribution >= 4 is 11.6 Å². The lowest BCUT2D eigenvalue weighted by Gasteiger charge is -2.20. The number of benzene rings is 2. The molecule has 0 aromatic heterocycles. The Kier molecular flexibility index (Phi) is 6.35. The van der Waals surface area contributed by atoms with Gasteiger partial charge in [0.05, 0.1) is 25.3 Å². The Morgan fingerprint density at radius 1 is 1.25 bits per heavy atom. The largest absolute Gasteiger partial charge is 0.497 e. The monoisotopic (exact) mass is 323 g/mol. The lowest BCUT2D eigenvalue weighted by Crippen LogP contribution is -2.32. The van der Waals surface area contributed by atoms with E-state index in [1.807, 2.05) is 48.2 Å². The molecular formula is C19H21N3O2. The molecule has 24 heavy (non-hydrogen) atoms. The fourth-order valence-corrected chi connectivity index (χ4v) is 2.38. The van der Waals surface area contributed by atoms with Crippen molar-refractivity contribution in [1.82, 2.24) is 4.90 Å². The van der Waals surface area contributed by atoms with Gasteiger partial charge in [0.25, 0.3) is 0 Å². The number of methoxy groups -OCH3 is 1. The molecule has 124 valence electrons. The molecule has 0 bridgehead atoms. The molecule has 2 aromatic carbocycles. The third-order valence-corrected chi connectivity index (χ3v) is 3.63. The predicted octanol–water partition coefficient (Wildman–Crippen LogP) is 3.03. The van der Waals surface area contributed by atoms with Gasteiger partial charge in [0.15, 0.2) is 0 Å². The van der Waals surface area contributed by atoms with Crippen molar-refractivity contribution in [1.29, 1.82) is 5.26 Å². The van der Waals surface area contributed by atoms with E-state index in [-0.39, 0.29) is 12.5 Å². The van der Waals surface area contributed by atoms with Gasteiger partial charge in [0.2, 0.25) is 5.91 Å². The Hall–Kier alpha value is -2.84. The van der Waals surface area contributed by atoms with Crippen LogP contribution in [0.5, 0.6) is 5.75 Å².